The Morgan fingerprint density at radius 3 is 1.45 bits per heavy atom. The number of rotatable bonds is 6. The van der Waals surface area contributed by atoms with Gasteiger partial charge in [0.25, 0.3) is 0 Å². The van der Waals surface area contributed by atoms with E-state index in [9.17, 15) is 0 Å². The van der Waals surface area contributed by atoms with Crippen LogP contribution in [0.5, 0.6) is 0 Å². The van der Waals surface area contributed by atoms with Gasteiger partial charge in [-0.1, -0.05) is 140 Å². The van der Waals surface area contributed by atoms with Crippen molar-refractivity contribution in [1.29, 1.82) is 0 Å². The zero-order valence-electron chi connectivity index (χ0n) is 30.2. The summed E-state index contributed by atoms with van der Waals surface area (Å²) in [5, 5.41) is 4.60. The van der Waals surface area contributed by atoms with Crippen LogP contribution in [0.15, 0.2) is 199 Å². The summed E-state index contributed by atoms with van der Waals surface area (Å²) >= 11 is 0. The van der Waals surface area contributed by atoms with Gasteiger partial charge in [-0.25, -0.2) is 15.0 Å². The van der Waals surface area contributed by atoms with E-state index in [1.54, 1.807) is 0 Å². The highest BCUT2D eigenvalue weighted by Crippen LogP contribution is 2.40. The molecule has 0 spiro atoms. The predicted octanol–water partition coefficient (Wildman–Crippen LogP) is 13.2. The normalized spacial score (nSPS) is 11.6. The minimum Gasteiger partial charge on any atom is -0.455 e. The summed E-state index contributed by atoms with van der Waals surface area (Å²) < 4.78 is 8.84. The van der Waals surface area contributed by atoms with Gasteiger partial charge in [0.05, 0.1) is 11.0 Å². The molecular weight excluding hydrogens is 685 g/mol. The number of benzene rings is 8. The average Bonchev–Trinajstić information content (AvgIpc) is 3.82. The average molecular weight is 717 g/mol. The third-order valence-corrected chi connectivity index (χ3v) is 10.7. The first-order valence-electron chi connectivity index (χ1n) is 18.8. The van der Waals surface area contributed by atoms with Crippen LogP contribution in [0, 0.1) is 0 Å². The lowest BCUT2D eigenvalue weighted by molar-refractivity contribution is 0.670. The molecule has 11 aromatic rings. The van der Waals surface area contributed by atoms with E-state index in [4.69, 9.17) is 19.4 Å². The van der Waals surface area contributed by atoms with Crippen LogP contribution in [0.1, 0.15) is 0 Å². The molecule has 0 radical (unpaired) electrons. The van der Waals surface area contributed by atoms with Crippen LogP contribution in [0.3, 0.4) is 0 Å². The van der Waals surface area contributed by atoms with Gasteiger partial charge in [-0.15, -0.1) is 0 Å². The van der Waals surface area contributed by atoms with Crippen molar-refractivity contribution >= 4 is 43.7 Å². The standard InChI is InChI=1S/C51H32N4O/c1-4-13-33(14-5-1)37-25-29-45-43(31-37)44-32-38(40-20-12-21-42-41-19-10-11-22-47(41)56-48(40)42)26-30-46(44)55(45)39-27-23-36(24-28-39)51-53-49(34-15-6-2-7-16-34)52-50(54-51)35-17-8-3-9-18-35/h1-32H. The van der Waals surface area contributed by atoms with Gasteiger partial charge in [-0.05, 0) is 71.3 Å². The van der Waals surface area contributed by atoms with Crippen molar-refractivity contribution in [3.8, 4) is 62.1 Å². The molecule has 0 aliphatic heterocycles. The summed E-state index contributed by atoms with van der Waals surface area (Å²) in [7, 11) is 0. The van der Waals surface area contributed by atoms with Gasteiger partial charge in [-0.2, -0.15) is 0 Å². The van der Waals surface area contributed by atoms with E-state index in [0.29, 0.717) is 17.5 Å². The molecule has 8 aromatic carbocycles. The van der Waals surface area contributed by atoms with Crippen LogP contribution in [-0.2, 0) is 0 Å². The van der Waals surface area contributed by atoms with Gasteiger partial charge in [0.15, 0.2) is 17.5 Å². The quantitative estimate of drug-likeness (QED) is 0.172. The van der Waals surface area contributed by atoms with Crippen molar-refractivity contribution < 1.29 is 4.42 Å². The molecule has 56 heavy (non-hydrogen) atoms. The molecule has 3 heterocycles. The van der Waals surface area contributed by atoms with E-state index in [0.717, 1.165) is 66.5 Å². The van der Waals surface area contributed by atoms with Gasteiger partial charge in [0, 0.05) is 49.5 Å². The molecule has 0 saturated carbocycles. The molecule has 0 bridgehead atoms. The van der Waals surface area contributed by atoms with Gasteiger partial charge in [0.2, 0.25) is 0 Å². The first kappa shape index (κ1) is 31.9. The highest BCUT2D eigenvalue weighted by molar-refractivity contribution is 6.14. The number of para-hydroxylation sites is 2. The van der Waals surface area contributed by atoms with E-state index in [-0.39, 0.29) is 0 Å². The summed E-state index contributed by atoms with van der Waals surface area (Å²) in [6.45, 7) is 0. The van der Waals surface area contributed by atoms with Crippen molar-refractivity contribution in [2.24, 2.45) is 0 Å². The molecule has 0 amide bonds. The third kappa shape index (κ3) is 5.37. The highest BCUT2D eigenvalue weighted by Gasteiger charge is 2.18. The molecule has 0 aliphatic carbocycles. The molecule has 11 rings (SSSR count). The van der Waals surface area contributed by atoms with Crippen molar-refractivity contribution in [3.05, 3.63) is 194 Å². The van der Waals surface area contributed by atoms with Crippen LogP contribution in [-0.4, -0.2) is 19.5 Å². The van der Waals surface area contributed by atoms with Gasteiger partial charge >= 0.3 is 0 Å². The Kier molecular flexibility index (Phi) is 7.42. The van der Waals surface area contributed by atoms with Crippen molar-refractivity contribution in [1.82, 2.24) is 19.5 Å². The number of nitrogens with zero attached hydrogens (tertiary/aromatic N) is 4. The summed E-state index contributed by atoms with van der Waals surface area (Å²) in [5.41, 5.74) is 12.5. The fourth-order valence-electron chi connectivity index (χ4n) is 7.95. The number of aromatic nitrogens is 4. The largest absolute Gasteiger partial charge is 0.455 e. The lowest BCUT2D eigenvalue weighted by atomic mass is 9.99. The Labute approximate surface area is 322 Å². The van der Waals surface area contributed by atoms with Crippen molar-refractivity contribution in [2.75, 3.05) is 0 Å². The fourth-order valence-corrected chi connectivity index (χ4v) is 7.95. The lowest BCUT2D eigenvalue weighted by Crippen LogP contribution is -2.00. The van der Waals surface area contributed by atoms with E-state index < -0.39 is 0 Å². The van der Waals surface area contributed by atoms with Crippen molar-refractivity contribution in [3.63, 3.8) is 0 Å². The molecule has 0 atom stereocenters. The van der Waals surface area contributed by atoms with E-state index in [1.165, 1.54) is 21.9 Å². The Morgan fingerprint density at radius 2 is 0.821 bits per heavy atom. The number of hydrogen-bond donors (Lipinski definition) is 0. The van der Waals surface area contributed by atoms with Crippen LogP contribution >= 0.6 is 0 Å². The summed E-state index contributed by atoms with van der Waals surface area (Å²) in [4.78, 5) is 14.8. The molecule has 0 N–H and O–H groups in total. The Hall–Kier alpha value is -7.63. The first-order valence-corrected chi connectivity index (χ1v) is 18.8. The van der Waals surface area contributed by atoms with Crippen LogP contribution in [0.4, 0.5) is 0 Å². The first-order chi connectivity index (χ1) is 27.7. The molecule has 5 heteroatoms. The lowest BCUT2D eigenvalue weighted by Gasteiger charge is -2.11. The van der Waals surface area contributed by atoms with E-state index in [1.807, 2.05) is 72.8 Å². The second kappa shape index (κ2) is 13.0. The molecule has 0 fully saturated rings. The third-order valence-electron chi connectivity index (χ3n) is 10.7. The highest BCUT2D eigenvalue weighted by atomic mass is 16.3. The maximum Gasteiger partial charge on any atom is 0.164 e. The van der Waals surface area contributed by atoms with Crippen LogP contribution in [0.25, 0.3) is 106 Å². The Morgan fingerprint density at radius 1 is 0.339 bits per heavy atom. The van der Waals surface area contributed by atoms with Gasteiger partial charge < -0.3 is 8.98 Å². The van der Waals surface area contributed by atoms with Crippen molar-refractivity contribution in [2.45, 2.75) is 0 Å². The minimum atomic E-state index is 0.628. The molecule has 3 aromatic heterocycles. The van der Waals surface area contributed by atoms with Gasteiger partial charge in [-0.3, -0.25) is 0 Å². The predicted molar refractivity (Wildman–Crippen MR) is 229 cm³/mol. The van der Waals surface area contributed by atoms with Crippen LogP contribution in [0.2, 0.25) is 0 Å². The van der Waals surface area contributed by atoms with E-state index >= 15 is 0 Å². The molecule has 0 unspecified atom stereocenters. The number of fused-ring (bicyclic) bond motifs is 6. The second-order valence-electron chi connectivity index (χ2n) is 14.0. The maximum atomic E-state index is 6.48. The summed E-state index contributed by atoms with van der Waals surface area (Å²) in [5.74, 6) is 1.91. The second-order valence-corrected chi connectivity index (χ2v) is 14.0. The molecule has 5 nitrogen and oxygen atoms in total. The van der Waals surface area contributed by atoms with Crippen LogP contribution < -0.4 is 0 Å². The minimum absolute atomic E-state index is 0.628. The maximum absolute atomic E-state index is 6.48. The number of hydrogen-bond acceptors (Lipinski definition) is 4. The summed E-state index contributed by atoms with van der Waals surface area (Å²) in [6.07, 6.45) is 0. The smallest absolute Gasteiger partial charge is 0.164 e. The Bertz CT molecular complexity index is 3160. The molecule has 262 valence electrons. The topological polar surface area (TPSA) is 56.7 Å². The SMILES string of the molecule is c1ccc(-c2ccc3c(c2)c2cc(-c4cccc5c4oc4ccccc45)ccc2n3-c2ccc(-c3nc(-c4ccccc4)nc(-c4ccccc4)n3)cc2)cc1. The molecular formula is C51H32N4O. The zero-order valence-corrected chi connectivity index (χ0v) is 30.2. The van der Waals surface area contributed by atoms with E-state index in [2.05, 4.69) is 126 Å². The number of furan rings is 1. The molecule has 0 saturated heterocycles. The zero-order chi connectivity index (χ0) is 37.0. The van der Waals surface area contributed by atoms with Gasteiger partial charge in [0.1, 0.15) is 11.2 Å². The summed E-state index contributed by atoms with van der Waals surface area (Å²) in [6, 6.07) is 67.5. The monoisotopic (exact) mass is 716 g/mol. The molecule has 0 aliphatic rings. The fraction of sp³-hybridized carbons (Fsp3) is 0. The Balaban J connectivity index is 1.07.